The second kappa shape index (κ2) is 3.02. The van der Waals surface area contributed by atoms with Gasteiger partial charge in [-0.2, -0.15) is 5.10 Å². The third-order valence-corrected chi connectivity index (χ3v) is 2.56. The van der Waals surface area contributed by atoms with Crippen LogP contribution >= 0.6 is 0 Å². The number of para-hydroxylation sites is 1. The summed E-state index contributed by atoms with van der Waals surface area (Å²) in [5.74, 6) is 0.911. The summed E-state index contributed by atoms with van der Waals surface area (Å²) in [5.41, 5.74) is 3.44. The van der Waals surface area contributed by atoms with Crippen LogP contribution in [0.3, 0.4) is 0 Å². The highest BCUT2D eigenvalue weighted by molar-refractivity contribution is 5.74. The average Bonchev–Trinajstić information content (AvgIpc) is 2.49. The van der Waals surface area contributed by atoms with Crippen LogP contribution in [0.4, 0.5) is 17.2 Å². The van der Waals surface area contributed by atoms with Crippen molar-refractivity contribution < 1.29 is 0 Å². The van der Waals surface area contributed by atoms with Gasteiger partial charge in [0.15, 0.2) is 5.82 Å². The summed E-state index contributed by atoms with van der Waals surface area (Å²) in [7, 11) is 1.92. The van der Waals surface area contributed by atoms with E-state index in [1.54, 1.807) is 4.68 Å². The number of hydrogen-bond donors (Lipinski definition) is 2. The molecule has 1 aromatic carbocycles. The van der Waals surface area contributed by atoms with Gasteiger partial charge in [-0.1, -0.05) is 18.2 Å². The minimum atomic E-state index is 0.813. The van der Waals surface area contributed by atoms with Gasteiger partial charge in [-0.25, -0.2) is 0 Å². The molecule has 0 bridgehead atoms. The standard InChI is InChI=1S/C11H12N4/c1-15-7-10-11(14-15)12-6-8-4-2-3-5-9(8)13-10/h2-5,7,13H,6H2,1H3,(H,12,14). The molecule has 2 N–H and O–H groups in total. The maximum atomic E-state index is 4.34. The predicted molar refractivity (Wildman–Crippen MR) is 60.3 cm³/mol. The molecule has 0 spiro atoms. The Labute approximate surface area is 87.9 Å². The summed E-state index contributed by atoms with van der Waals surface area (Å²) in [5, 5.41) is 11.0. The number of fused-ring (bicyclic) bond motifs is 2. The largest absolute Gasteiger partial charge is 0.363 e. The molecule has 0 unspecified atom stereocenters. The molecule has 4 nitrogen and oxygen atoms in total. The van der Waals surface area contributed by atoms with Crippen molar-refractivity contribution in [3.8, 4) is 0 Å². The summed E-state index contributed by atoms with van der Waals surface area (Å²) in [4.78, 5) is 0. The van der Waals surface area contributed by atoms with Crippen LogP contribution < -0.4 is 10.6 Å². The van der Waals surface area contributed by atoms with Crippen molar-refractivity contribution in [2.75, 3.05) is 10.6 Å². The molecular weight excluding hydrogens is 188 g/mol. The van der Waals surface area contributed by atoms with Crippen molar-refractivity contribution in [3.05, 3.63) is 36.0 Å². The van der Waals surface area contributed by atoms with Gasteiger partial charge in [0.1, 0.15) is 5.69 Å². The van der Waals surface area contributed by atoms with Crippen LogP contribution in [0.5, 0.6) is 0 Å². The van der Waals surface area contributed by atoms with Crippen molar-refractivity contribution in [1.82, 2.24) is 9.78 Å². The van der Waals surface area contributed by atoms with E-state index in [1.165, 1.54) is 5.56 Å². The zero-order valence-corrected chi connectivity index (χ0v) is 8.49. The summed E-state index contributed by atoms with van der Waals surface area (Å²) in [6, 6.07) is 8.28. The molecule has 76 valence electrons. The van der Waals surface area contributed by atoms with E-state index in [0.717, 1.165) is 23.7 Å². The summed E-state index contributed by atoms with van der Waals surface area (Å²) in [6.07, 6.45) is 1.98. The fourth-order valence-electron chi connectivity index (χ4n) is 1.83. The molecule has 15 heavy (non-hydrogen) atoms. The lowest BCUT2D eigenvalue weighted by atomic mass is 10.2. The van der Waals surface area contributed by atoms with Crippen molar-refractivity contribution in [3.63, 3.8) is 0 Å². The van der Waals surface area contributed by atoms with Gasteiger partial charge in [0.2, 0.25) is 0 Å². The van der Waals surface area contributed by atoms with Gasteiger partial charge < -0.3 is 10.6 Å². The Kier molecular flexibility index (Phi) is 1.68. The molecule has 2 aromatic rings. The van der Waals surface area contributed by atoms with Crippen molar-refractivity contribution in [2.45, 2.75) is 6.54 Å². The molecule has 0 saturated heterocycles. The first-order valence-electron chi connectivity index (χ1n) is 4.95. The summed E-state index contributed by atoms with van der Waals surface area (Å²) >= 11 is 0. The minimum Gasteiger partial charge on any atom is -0.363 e. The molecule has 2 heterocycles. The monoisotopic (exact) mass is 200 g/mol. The van der Waals surface area contributed by atoms with Crippen LogP contribution in [0.15, 0.2) is 30.5 Å². The lowest BCUT2D eigenvalue weighted by Crippen LogP contribution is -1.99. The van der Waals surface area contributed by atoms with Crippen LogP contribution in [0, 0.1) is 0 Å². The second-order valence-electron chi connectivity index (χ2n) is 3.70. The molecular formula is C11H12N4. The van der Waals surface area contributed by atoms with Gasteiger partial charge in [-0.15, -0.1) is 0 Å². The number of rotatable bonds is 0. The molecule has 0 radical (unpaired) electrons. The van der Waals surface area contributed by atoms with Crippen LogP contribution in [0.25, 0.3) is 0 Å². The Balaban J connectivity index is 2.08. The third kappa shape index (κ3) is 1.34. The van der Waals surface area contributed by atoms with Gasteiger partial charge in [0, 0.05) is 19.3 Å². The zero-order chi connectivity index (χ0) is 10.3. The normalized spacial score (nSPS) is 13.1. The number of hydrogen-bond acceptors (Lipinski definition) is 3. The van der Waals surface area contributed by atoms with Crippen LogP contribution in [0.2, 0.25) is 0 Å². The van der Waals surface area contributed by atoms with E-state index < -0.39 is 0 Å². The lowest BCUT2D eigenvalue weighted by molar-refractivity contribution is 0.768. The highest BCUT2D eigenvalue weighted by Gasteiger charge is 2.13. The molecule has 0 saturated carbocycles. The molecule has 1 aliphatic rings. The van der Waals surface area contributed by atoms with Crippen molar-refractivity contribution in [1.29, 1.82) is 0 Å². The quantitative estimate of drug-likeness (QED) is 0.684. The van der Waals surface area contributed by atoms with Crippen LogP contribution in [0.1, 0.15) is 5.56 Å². The number of aryl methyl sites for hydroxylation is 1. The Morgan fingerprint density at radius 2 is 2.13 bits per heavy atom. The highest BCUT2D eigenvalue weighted by atomic mass is 15.3. The minimum absolute atomic E-state index is 0.813. The number of benzene rings is 1. The second-order valence-corrected chi connectivity index (χ2v) is 3.70. The van der Waals surface area contributed by atoms with E-state index in [1.807, 2.05) is 25.4 Å². The highest BCUT2D eigenvalue weighted by Crippen LogP contribution is 2.30. The molecule has 1 aliphatic heterocycles. The molecule has 0 amide bonds. The number of nitrogens with zero attached hydrogens (tertiary/aromatic N) is 2. The molecule has 0 atom stereocenters. The fraction of sp³-hybridized carbons (Fsp3) is 0.182. The average molecular weight is 200 g/mol. The predicted octanol–water partition coefficient (Wildman–Crippen LogP) is 2.09. The lowest BCUT2D eigenvalue weighted by Gasteiger charge is -2.05. The molecule has 0 fully saturated rings. The number of aromatic nitrogens is 2. The first-order valence-corrected chi connectivity index (χ1v) is 4.95. The smallest absolute Gasteiger partial charge is 0.172 e. The first-order chi connectivity index (χ1) is 7.33. The van der Waals surface area contributed by atoms with Gasteiger partial charge in [0.25, 0.3) is 0 Å². The maximum absolute atomic E-state index is 4.34. The summed E-state index contributed by atoms with van der Waals surface area (Å²) < 4.78 is 1.80. The topological polar surface area (TPSA) is 41.9 Å². The SMILES string of the molecule is Cn1cc2c(n1)NCc1ccccc1N2. The van der Waals surface area contributed by atoms with E-state index in [2.05, 4.69) is 27.9 Å². The van der Waals surface area contributed by atoms with E-state index >= 15 is 0 Å². The van der Waals surface area contributed by atoms with E-state index in [4.69, 9.17) is 0 Å². The third-order valence-electron chi connectivity index (χ3n) is 2.56. The molecule has 4 heteroatoms. The number of anilines is 3. The maximum Gasteiger partial charge on any atom is 0.172 e. The van der Waals surface area contributed by atoms with E-state index in [9.17, 15) is 0 Å². The number of nitrogens with one attached hydrogen (secondary N) is 2. The Bertz CT molecular complexity index is 501. The Morgan fingerprint density at radius 3 is 3.07 bits per heavy atom. The van der Waals surface area contributed by atoms with Crippen molar-refractivity contribution >= 4 is 17.2 Å². The molecule has 1 aromatic heterocycles. The van der Waals surface area contributed by atoms with Gasteiger partial charge in [0.05, 0.1) is 6.20 Å². The summed E-state index contributed by atoms with van der Waals surface area (Å²) in [6.45, 7) is 0.813. The molecule has 0 aliphatic carbocycles. The van der Waals surface area contributed by atoms with E-state index in [0.29, 0.717) is 0 Å². The van der Waals surface area contributed by atoms with Gasteiger partial charge >= 0.3 is 0 Å². The fourth-order valence-corrected chi connectivity index (χ4v) is 1.83. The van der Waals surface area contributed by atoms with Crippen LogP contribution in [-0.2, 0) is 13.6 Å². The zero-order valence-electron chi connectivity index (χ0n) is 8.49. The Morgan fingerprint density at radius 1 is 1.27 bits per heavy atom. The van der Waals surface area contributed by atoms with Gasteiger partial charge in [-0.3, -0.25) is 4.68 Å². The van der Waals surface area contributed by atoms with Crippen molar-refractivity contribution in [2.24, 2.45) is 7.05 Å². The van der Waals surface area contributed by atoms with Gasteiger partial charge in [-0.05, 0) is 11.6 Å². The van der Waals surface area contributed by atoms with E-state index in [-0.39, 0.29) is 0 Å². The molecule has 3 rings (SSSR count). The Hall–Kier alpha value is -1.97. The first kappa shape index (κ1) is 8.35. The van der Waals surface area contributed by atoms with Crippen LogP contribution in [-0.4, -0.2) is 9.78 Å².